The van der Waals surface area contributed by atoms with Crippen molar-refractivity contribution in [2.45, 2.75) is 83.6 Å². The standard InChI is InChI=1S/C29H36BN3O5/c1-18(19-9-13-22(14-10-19)30-37-28(2,3)29(4,5)38-30)33-25-21(17-31-33)7-6-8-24(25)26(34)32-23-15-11-20(12-16-23)27(35)36/h6-10,13-14,17-18,20,23H,11-12,15-16H2,1-5H3,(H,32,34)(H,35,36). The van der Waals surface area contributed by atoms with Gasteiger partial charge in [-0.25, -0.2) is 0 Å². The summed E-state index contributed by atoms with van der Waals surface area (Å²) in [6.07, 6.45) is 4.30. The number of aliphatic carboxylic acids is 1. The van der Waals surface area contributed by atoms with Crippen LogP contribution in [-0.2, 0) is 14.1 Å². The Morgan fingerprint density at radius 1 is 1.03 bits per heavy atom. The van der Waals surface area contributed by atoms with E-state index in [-0.39, 0.29) is 23.9 Å². The number of amides is 1. The van der Waals surface area contributed by atoms with E-state index in [1.807, 2.05) is 62.7 Å². The predicted octanol–water partition coefficient (Wildman–Crippen LogP) is 4.32. The molecule has 1 unspecified atom stereocenters. The molecule has 2 aromatic carbocycles. The van der Waals surface area contributed by atoms with Gasteiger partial charge in [0.1, 0.15) is 0 Å². The fraction of sp³-hybridized carbons (Fsp3) is 0.483. The van der Waals surface area contributed by atoms with Crippen molar-refractivity contribution in [3.8, 4) is 0 Å². The highest BCUT2D eigenvalue weighted by atomic mass is 16.7. The number of rotatable bonds is 6. The number of carboxylic acid groups (broad SMARTS) is 1. The second-order valence-electron chi connectivity index (χ2n) is 11.6. The third-order valence-corrected chi connectivity index (χ3v) is 8.58. The lowest BCUT2D eigenvalue weighted by atomic mass is 9.78. The highest BCUT2D eigenvalue weighted by Crippen LogP contribution is 2.36. The van der Waals surface area contributed by atoms with Crippen molar-refractivity contribution < 1.29 is 24.0 Å². The molecule has 2 N–H and O–H groups in total. The van der Waals surface area contributed by atoms with Gasteiger partial charge < -0.3 is 19.7 Å². The van der Waals surface area contributed by atoms with E-state index in [9.17, 15) is 14.7 Å². The Labute approximate surface area is 223 Å². The van der Waals surface area contributed by atoms with Crippen LogP contribution in [0.2, 0.25) is 0 Å². The highest BCUT2D eigenvalue weighted by molar-refractivity contribution is 6.62. The Morgan fingerprint density at radius 3 is 2.26 bits per heavy atom. The van der Waals surface area contributed by atoms with Crippen LogP contribution in [0.4, 0.5) is 0 Å². The largest absolute Gasteiger partial charge is 0.494 e. The van der Waals surface area contributed by atoms with Crippen LogP contribution < -0.4 is 10.8 Å². The number of carbonyl (C=O) groups excluding carboxylic acids is 1. The summed E-state index contributed by atoms with van der Waals surface area (Å²) in [6, 6.07) is 13.7. The van der Waals surface area contributed by atoms with Crippen molar-refractivity contribution in [3.63, 3.8) is 0 Å². The second kappa shape index (κ2) is 9.86. The third kappa shape index (κ3) is 4.85. The number of fused-ring (bicyclic) bond motifs is 1. The predicted molar refractivity (Wildman–Crippen MR) is 147 cm³/mol. The summed E-state index contributed by atoms with van der Waals surface area (Å²) in [5.74, 6) is -1.22. The van der Waals surface area contributed by atoms with Crippen LogP contribution in [-0.4, -0.2) is 51.1 Å². The zero-order valence-electron chi connectivity index (χ0n) is 22.7. The van der Waals surface area contributed by atoms with Crippen LogP contribution >= 0.6 is 0 Å². The highest BCUT2D eigenvalue weighted by Gasteiger charge is 2.51. The molecule has 1 aliphatic heterocycles. The molecule has 1 saturated carbocycles. The molecular formula is C29H36BN3O5. The van der Waals surface area contributed by atoms with Crippen molar-refractivity contribution in [2.24, 2.45) is 5.92 Å². The number of para-hydroxylation sites is 1. The van der Waals surface area contributed by atoms with Crippen molar-refractivity contribution >= 4 is 35.4 Å². The van der Waals surface area contributed by atoms with Crippen molar-refractivity contribution in [3.05, 3.63) is 59.8 Å². The maximum absolute atomic E-state index is 13.4. The molecule has 9 heteroatoms. The summed E-state index contributed by atoms with van der Waals surface area (Å²) in [6.45, 7) is 10.2. The first-order valence-corrected chi connectivity index (χ1v) is 13.4. The summed E-state index contributed by atoms with van der Waals surface area (Å²) in [4.78, 5) is 24.6. The molecule has 2 aliphatic rings. The summed E-state index contributed by atoms with van der Waals surface area (Å²) < 4.78 is 14.3. The second-order valence-corrected chi connectivity index (χ2v) is 11.6. The van der Waals surface area contributed by atoms with E-state index >= 15 is 0 Å². The number of hydrogen-bond acceptors (Lipinski definition) is 5. The Bertz CT molecular complexity index is 1330. The van der Waals surface area contributed by atoms with E-state index in [0.717, 1.165) is 21.9 Å². The fourth-order valence-corrected chi connectivity index (χ4v) is 5.38. The molecule has 1 atom stereocenters. The maximum Gasteiger partial charge on any atom is 0.494 e. The Morgan fingerprint density at radius 2 is 1.66 bits per heavy atom. The Kier molecular flexibility index (Phi) is 6.86. The number of benzene rings is 2. The van der Waals surface area contributed by atoms with Crippen LogP contribution in [0.1, 0.15) is 82.3 Å². The number of carbonyl (C=O) groups is 2. The zero-order chi connectivity index (χ0) is 27.2. The molecule has 1 aliphatic carbocycles. The van der Waals surface area contributed by atoms with Gasteiger partial charge in [-0.05, 0) is 77.4 Å². The molecule has 2 fully saturated rings. The SMILES string of the molecule is CC(c1ccc(B2OC(C)(C)C(C)(C)O2)cc1)n1ncc2cccc(C(=O)NC3CCC(C(=O)O)CC3)c21. The lowest BCUT2D eigenvalue weighted by Gasteiger charge is -2.32. The van der Waals surface area contributed by atoms with Crippen LogP contribution in [0, 0.1) is 5.92 Å². The Balaban J connectivity index is 1.35. The third-order valence-electron chi connectivity index (χ3n) is 8.58. The minimum Gasteiger partial charge on any atom is -0.481 e. The van der Waals surface area contributed by atoms with Gasteiger partial charge in [0.2, 0.25) is 0 Å². The van der Waals surface area contributed by atoms with Gasteiger partial charge in [0.15, 0.2) is 0 Å². The summed E-state index contributed by atoms with van der Waals surface area (Å²) in [5.41, 5.74) is 2.57. The zero-order valence-corrected chi connectivity index (χ0v) is 22.7. The smallest absolute Gasteiger partial charge is 0.481 e. The average Bonchev–Trinajstić information content (AvgIpc) is 3.41. The fourth-order valence-electron chi connectivity index (χ4n) is 5.38. The first kappa shape index (κ1) is 26.4. The molecule has 0 radical (unpaired) electrons. The lowest BCUT2D eigenvalue weighted by molar-refractivity contribution is -0.142. The molecule has 1 saturated heterocycles. The van der Waals surface area contributed by atoms with Crippen molar-refractivity contribution in [2.75, 3.05) is 0 Å². The molecule has 38 heavy (non-hydrogen) atoms. The number of carboxylic acids is 1. The molecule has 200 valence electrons. The normalized spacial score (nSPS) is 23.3. The maximum atomic E-state index is 13.4. The number of nitrogens with zero attached hydrogens (tertiary/aromatic N) is 2. The number of nitrogens with one attached hydrogen (secondary N) is 1. The first-order valence-electron chi connectivity index (χ1n) is 13.4. The first-order chi connectivity index (χ1) is 18.0. The van der Waals surface area contributed by atoms with E-state index < -0.39 is 24.3 Å². The van der Waals surface area contributed by atoms with Gasteiger partial charge in [0.25, 0.3) is 5.91 Å². The lowest BCUT2D eigenvalue weighted by Crippen LogP contribution is -2.41. The summed E-state index contributed by atoms with van der Waals surface area (Å²) in [7, 11) is -0.421. The van der Waals surface area contributed by atoms with Gasteiger partial charge in [-0.3, -0.25) is 14.3 Å². The number of hydrogen-bond donors (Lipinski definition) is 2. The molecule has 8 nitrogen and oxygen atoms in total. The molecule has 1 aromatic heterocycles. The minimum absolute atomic E-state index is 0.0234. The van der Waals surface area contributed by atoms with Gasteiger partial charge in [-0.15, -0.1) is 0 Å². The monoisotopic (exact) mass is 517 g/mol. The van der Waals surface area contributed by atoms with Crippen LogP contribution in [0.25, 0.3) is 10.9 Å². The van der Waals surface area contributed by atoms with E-state index in [1.54, 1.807) is 6.20 Å². The topological polar surface area (TPSA) is 103 Å². The quantitative estimate of drug-likeness (QED) is 0.473. The summed E-state index contributed by atoms with van der Waals surface area (Å²) in [5, 5.41) is 17.9. The van der Waals surface area contributed by atoms with Crippen molar-refractivity contribution in [1.29, 1.82) is 0 Å². The van der Waals surface area contributed by atoms with Crippen LogP contribution in [0.3, 0.4) is 0 Å². The molecule has 1 amide bonds. The van der Waals surface area contributed by atoms with Crippen LogP contribution in [0.15, 0.2) is 48.7 Å². The average molecular weight is 517 g/mol. The van der Waals surface area contributed by atoms with Crippen LogP contribution in [0.5, 0.6) is 0 Å². The summed E-state index contributed by atoms with van der Waals surface area (Å²) >= 11 is 0. The molecular weight excluding hydrogens is 481 g/mol. The van der Waals surface area contributed by atoms with E-state index in [4.69, 9.17) is 9.31 Å². The van der Waals surface area contributed by atoms with E-state index in [2.05, 4.69) is 29.5 Å². The van der Waals surface area contributed by atoms with Gasteiger partial charge in [0, 0.05) is 11.4 Å². The van der Waals surface area contributed by atoms with E-state index in [0.29, 0.717) is 31.2 Å². The molecule has 0 spiro atoms. The van der Waals surface area contributed by atoms with Gasteiger partial charge in [0.05, 0.1) is 40.4 Å². The minimum atomic E-state index is -0.749. The molecule has 2 heterocycles. The van der Waals surface area contributed by atoms with Crippen molar-refractivity contribution in [1.82, 2.24) is 15.1 Å². The number of aromatic nitrogens is 2. The van der Waals surface area contributed by atoms with E-state index in [1.165, 1.54) is 0 Å². The molecule has 0 bridgehead atoms. The van der Waals surface area contributed by atoms with Gasteiger partial charge in [-0.1, -0.05) is 36.4 Å². The Hall–Kier alpha value is -3.17. The van der Waals surface area contributed by atoms with Gasteiger partial charge >= 0.3 is 13.1 Å². The molecule has 3 aromatic rings. The molecule has 5 rings (SSSR count). The van der Waals surface area contributed by atoms with Gasteiger partial charge in [-0.2, -0.15) is 5.10 Å².